The highest BCUT2D eigenvalue weighted by atomic mass is 35.5. The van der Waals surface area contributed by atoms with Gasteiger partial charge in [0.25, 0.3) is 5.91 Å². The zero-order valence-corrected chi connectivity index (χ0v) is 21.5. The number of azo groups is 1. The van der Waals surface area contributed by atoms with Crippen molar-refractivity contribution in [2.45, 2.75) is 6.54 Å². The Labute approximate surface area is 224 Å². The van der Waals surface area contributed by atoms with Gasteiger partial charge in [0.15, 0.2) is 5.69 Å². The van der Waals surface area contributed by atoms with Gasteiger partial charge < -0.3 is 24.5 Å². The van der Waals surface area contributed by atoms with Crippen LogP contribution in [0.25, 0.3) is 17.0 Å². The molecule has 0 fully saturated rings. The molecule has 9 nitrogen and oxygen atoms in total. The summed E-state index contributed by atoms with van der Waals surface area (Å²) in [5, 5.41) is 21.9. The Bertz CT molecular complexity index is 1530. The fourth-order valence-electron chi connectivity index (χ4n) is 3.87. The third kappa shape index (κ3) is 5.68. The fraction of sp³-hybridized carbons (Fsp3) is 0.143. The molecule has 0 unspecified atom stereocenters. The second-order valence-electron chi connectivity index (χ2n) is 8.02. The number of methoxy groups -OCH3 is 2. The number of para-hydroxylation sites is 1. The Morgan fingerprint density at radius 2 is 1.76 bits per heavy atom. The van der Waals surface area contributed by atoms with Gasteiger partial charge in [-0.05, 0) is 42.5 Å². The molecule has 38 heavy (non-hydrogen) atoms. The third-order valence-corrected chi connectivity index (χ3v) is 5.89. The maximum absolute atomic E-state index is 13.3. The number of amides is 2. The van der Waals surface area contributed by atoms with E-state index in [1.807, 2.05) is 12.1 Å². The van der Waals surface area contributed by atoms with Crippen LogP contribution in [0, 0.1) is 0 Å². The van der Waals surface area contributed by atoms with Crippen LogP contribution >= 0.6 is 11.6 Å². The summed E-state index contributed by atoms with van der Waals surface area (Å²) in [6.45, 7) is 0.339. The summed E-state index contributed by atoms with van der Waals surface area (Å²) in [5.41, 5.74) is 1.48. The SMILES string of the molecule is COc1ccc(OC)c(C=C(NC(=O)c2ccccc2)C(=O)N=Nc2c(O)n(CCCl)c3ccccc23)c1. The number of benzene rings is 3. The largest absolute Gasteiger partial charge is 0.497 e. The highest BCUT2D eigenvalue weighted by Gasteiger charge is 2.19. The second-order valence-corrected chi connectivity index (χ2v) is 8.40. The van der Waals surface area contributed by atoms with E-state index >= 15 is 0 Å². The minimum absolute atomic E-state index is 0.117. The molecule has 0 aliphatic carbocycles. The first-order valence-electron chi connectivity index (χ1n) is 11.6. The molecule has 1 heterocycles. The van der Waals surface area contributed by atoms with Crippen molar-refractivity contribution in [3.05, 3.63) is 89.6 Å². The lowest BCUT2D eigenvalue weighted by Crippen LogP contribution is -2.26. The van der Waals surface area contributed by atoms with Crippen LogP contribution in [0.5, 0.6) is 17.4 Å². The van der Waals surface area contributed by atoms with Gasteiger partial charge in [-0.1, -0.05) is 36.4 Å². The molecule has 0 saturated carbocycles. The van der Waals surface area contributed by atoms with E-state index in [2.05, 4.69) is 15.5 Å². The van der Waals surface area contributed by atoms with Crippen LogP contribution in [0.15, 0.2) is 88.7 Å². The summed E-state index contributed by atoms with van der Waals surface area (Å²) in [6, 6.07) is 20.7. The molecule has 0 aliphatic heterocycles. The van der Waals surface area contributed by atoms with E-state index in [0.29, 0.717) is 40.1 Å². The molecule has 194 valence electrons. The fourth-order valence-corrected chi connectivity index (χ4v) is 4.04. The van der Waals surface area contributed by atoms with Crippen LogP contribution in [0.2, 0.25) is 0 Å². The van der Waals surface area contributed by atoms with Gasteiger partial charge in [-0.15, -0.1) is 21.8 Å². The van der Waals surface area contributed by atoms with E-state index in [0.717, 1.165) is 0 Å². The molecule has 0 aliphatic rings. The summed E-state index contributed by atoms with van der Waals surface area (Å²) < 4.78 is 12.3. The summed E-state index contributed by atoms with van der Waals surface area (Å²) in [5.74, 6) is -0.281. The van der Waals surface area contributed by atoms with Crippen molar-refractivity contribution in [2.75, 3.05) is 20.1 Å². The van der Waals surface area contributed by atoms with E-state index in [9.17, 15) is 14.7 Å². The lowest BCUT2D eigenvalue weighted by molar-refractivity contribution is -0.115. The summed E-state index contributed by atoms with van der Waals surface area (Å²) in [4.78, 5) is 26.2. The number of aromatic nitrogens is 1. The molecule has 0 bridgehead atoms. The summed E-state index contributed by atoms with van der Waals surface area (Å²) in [6.07, 6.45) is 1.43. The Morgan fingerprint density at radius 1 is 1.03 bits per heavy atom. The zero-order chi connectivity index (χ0) is 27.1. The smallest absolute Gasteiger partial charge is 0.311 e. The summed E-state index contributed by atoms with van der Waals surface area (Å²) >= 11 is 5.90. The minimum atomic E-state index is -0.840. The highest BCUT2D eigenvalue weighted by Crippen LogP contribution is 2.39. The highest BCUT2D eigenvalue weighted by molar-refractivity contribution is 6.17. The van der Waals surface area contributed by atoms with E-state index in [-0.39, 0.29) is 23.1 Å². The van der Waals surface area contributed by atoms with Gasteiger partial charge in [-0.3, -0.25) is 9.59 Å². The molecule has 0 saturated heterocycles. The molecule has 2 amide bonds. The molecule has 0 radical (unpaired) electrons. The number of nitrogens with zero attached hydrogens (tertiary/aromatic N) is 3. The molecule has 4 aromatic rings. The van der Waals surface area contributed by atoms with Crippen LogP contribution < -0.4 is 14.8 Å². The molecule has 10 heteroatoms. The maximum atomic E-state index is 13.3. The van der Waals surface area contributed by atoms with Gasteiger partial charge in [-0.2, -0.15) is 0 Å². The van der Waals surface area contributed by atoms with Crippen LogP contribution in [0.3, 0.4) is 0 Å². The average Bonchev–Trinajstić information content (AvgIpc) is 3.22. The number of alkyl halides is 1. The van der Waals surface area contributed by atoms with Crippen molar-refractivity contribution in [1.29, 1.82) is 0 Å². The first kappa shape index (κ1) is 26.4. The van der Waals surface area contributed by atoms with Crippen molar-refractivity contribution >= 4 is 46.1 Å². The Hall–Kier alpha value is -4.63. The first-order valence-corrected chi connectivity index (χ1v) is 12.1. The number of hydrogen-bond donors (Lipinski definition) is 2. The van der Waals surface area contributed by atoms with Crippen molar-refractivity contribution in [2.24, 2.45) is 10.2 Å². The Kier molecular flexibility index (Phi) is 8.40. The number of halogens is 1. The quantitative estimate of drug-likeness (QED) is 0.163. The van der Waals surface area contributed by atoms with Crippen molar-refractivity contribution in [1.82, 2.24) is 9.88 Å². The van der Waals surface area contributed by atoms with Gasteiger partial charge in [0.05, 0.1) is 19.7 Å². The van der Waals surface area contributed by atoms with Gasteiger partial charge in [0, 0.05) is 28.9 Å². The van der Waals surface area contributed by atoms with E-state index in [4.69, 9.17) is 21.1 Å². The molecular formula is C28H25ClN4O5. The minimum Gasteiger partial charge on any atom is -0.497 e. The van der Waals surface area contributed by atoms with Gasteiger partial charge in [0.2, 0.25) is 5.88 Å². The molecule has 0 atom stereocenters. The van der Waals surface area contributed by atoms with E-state index in [1.54, 1.807) is 65.2 Å². The topological polar surface area (TPSA) is 115 Å². The number of nitrogens with one attached hydrogen (secondary N) is 1. The maximum Gasteiger partial charge on any atom is 0.311 e. The third-order valence-electron chi connectivity index (χ3n) is 5.72. The normalized spacial score (nSPS) is 11.6. The number of aromatic hydroxyl groups is 1. The van der Waals surface area contributed by atoms with Crippen LogP contribution in [0.4, 0.5) is 5.69 Å². The number of fused-ring (bicyclic) bond motifs is 1. The van der Waals surface area contributed by atoms with E-state index in [1.165, 1.54) is 20.3 Å². The Balaban J connectivity index is 1.75. The van der Waals surface area contributed by atoms with Crippen LogP contribution in [-0.2, 0) is 11.3 Å². The van der Waals surface area contributed by atoms with Crippen molar-refractivity contribution in [3.63, 3.8) is 0 Å². The lowest BCUT2D eigenvalue weighted by atomic mass is 10.1. The second kappa shape index (κ2) is 12.1. The number of ether oxygens (including phenoxy) is 2. The van der Waals surface area contributed by atoms with E-state index < -0.39 is 11.8 Å². The summed E-state index contributed by atoms with van der Waals surface area (Å²) in [7, 11) is 3.00. The number of carbonyl (C=O) groups is 2. The molecule has 1 aromatic heterocycles. The number of hydrogen-bond acceptors (Lipinski definition) is 6. The zero-order valence-electron chi connectivity index (χ0n) is 20.7. The lowest BCUT2D eigenvalue weighted by Gasteiger charge is -2.10. The molecular weight excluding hydrogens is 508 g/mol. The van der Waals surface area contributed by atoms with Gasteiger partial charge in [-0.25, -0.2) is 0 Å². The van der Waals surface area contributed by atoms with Crippen molar-refractivity contribution < 1.29 is 24.2 Å². The number of rotatable bonds is 9. The standard InChI is InChI=1S/C28H25ClN4O5/c1-37-20-12-13-24(38-2)19(16-20)17-22(30-26(34)18-8-4-3-5-9-18)27(35)32-31-25-21-10-6-7-11-23(21)33(15-14-29)28(25)36/h3-13,16-17,36H,14-15H2,1-2H3,(H,30,34). The molecule has 0 spiro atoms. The molecule has 3 aromatic carbocycles. The van der Waals surface area contributed by atoms with Gasteiger partial charge >= 0.3 is 5.91 Å². The predicted molar refractivity (Wildman–Crippen MR) is 145 cm³/mol. The average molecular weight is 533 g/mol. The monoisotopic (exact) mass is 532 g/mol. The molecule has 2 N–H and O–H groups in total. The Morgan fingerprint density at radius 3 is 2.47 bits per heavy atom. The van der Waals surface area contributed by atoms with Gasteiger partial charge in [0.1, 0.15) is 17.2 Å². The van der Waals surface area contributed by atoms with Crippen LogP contribution in [0.1, 0.15) is 15.9 Å². The van der Waals surface area contributed by atoms with Crippen LogP contribution in [-0.4, -0.2) is 41.6 Å². The first-order chi connectivity index (χ1) is 18.5. The van der Waals surface area contributed by atoms with Crippen molar-refractivity contribution in [3.8, 4) is 17.4 Å². The number of aryl methyl sites for hydroxylation is 1. The molecule has 4 rings (SSSR count). The predicted octanol–water partition coefficient (Wildman–Crippen LogP) is 5.68. The number of carbonyl (C=O) groups excluding carboxylic acids is 2.